The van der Waals surface area contributed by atoms with Gasteiger partial charge in [0.2, 0.25) is 0 Å². The van der Waals surface area contributed by atoms with Gasteiger partial charge < -0.3 is 9.80 Å². The van der Waals surface area contributed by atoms with Crippen molar-refractivity contribution in [2.24, 2.45) is 0 Å². The van der Waals surface area contributed by atoms with Gasteiger partial charge in [0.15, 0.2) is 11.4 Å². The zero-order chi connectivity index (χ0) is 14.7. The Hall–Kier alpha value is -0.940. The molecule has 2 heterocycles. The molecule has 0 aromatic carbocycles. The van der Waals surface area contributed by atoms with E-state index in [9.17, 15) is 4.79 Å². The van der Waals surface area contributed by atoms with Gasteiger partial charge in [0.05, 0.1) is 10.6 Å². The van der Waals surface area contributed by atoms with Gasteiger partial charge in [-0.25, -0.2) is 4.98 Å². The molecule has 20 heavy (non-hydrogen) atoms. The van der Waals surface area contributed by atoms with Crippen molar-refractivity contribution in [2.75, 3.05) is 32.1 Å². The number of thiazole rings is 1. The summed E-state index contributed by atoms with van der Waals surface area (Å²) in [5.41, 5.74) is 0.984. The normalized spacial score (nSPS) is 20.6. The molecule has 1 saturated heterocycles. The second kappa shape index (κ2) is 6.68. The highest BCUT2D eigenvalue weighted by Crippen LogP contribution is 2.34. The maximum Gasteiger partial charge on any atom is 0.186 e. The molecule has 5 heteroatoms. The van der Waals surface area contributed by atoms with Gasteiger partial charge in [-0.15, -0.1) is 0 Å². The fraction of sp³-hybridized carbons (Fsp3) is 0.733. The van der Waals surface area contributed by atoms with Crippen molar-refractivity contribution in [1.82, 2.24) is 9.88 Å². The van der Waals surface area contributed by atoms with Gasteiger partial charge >= 0.3 is 0 Å². The predicted octanol–water partition coefficient (Wildman–Crippen LogP) is 3.00. The number of likely N-dealkylation sites (N-methyl/N-ethyl adjacent to an activating group) is 1. The van der Waals surface area contributed by atoms with Gasteiger partial charge in [-0.05, 0) is 39.3 Å². The summed E-state index contributed by atoms with van der Waals surface area (Å²) >= 11 is 1.56. The topological polar surface area (TPSA) is 36.4 Å². The van der Waals surface area contributed by atoms with Gasteiger partial charge in [-0.1, -0.05) is 25.2 Å². The number of hydrogen-bond donors (Lipinski definition) is 0. The van der Waals surface area contributed by atoms with Crippen LogP contribution in [-0.4, -0.2) is 49.4 Å². The summed E-state index contributed by atoms with van der Waals surface area (Å²) in [4.78, 5) is 21.5. The van der Waals surface area contributed by atoms with Crippen molar-refractivity contribution >= 4 is 22.8 Å². The predicted molar refractivity (Wildman–Crippen MR) is 85.1 cm³/mol. The van der Waals surface area contributed by atoms with Gasteiger partial charge in [0.25, 0.3) is 0 Å². The molecule has 2 unspecified atom stereocenters. The summed E-state index contributed by atoms with van der Waals surface area (Å²) in [6.07, 6.45) is 4.42. The summed E-state index contributed by atoms with van der Waals surface area (Å²) in [7, 11) is 4.22. The Labute approximate surface area is 125 Å². The highest BCUT2D eigenvalue weighted by atomic mass is 32.1. The molecule has 4 nitrogen and oxygen atoms in total. The second-order valence-corrected chi connectivity index (χ2v) is 6.93. The van der Waals surface area contributed by atoms with E-state index in [1.165, 1.54) is 12.8 Å². The van der Waals surface area contributed by atoms with E-state index in [4.69, 9.17) is 4.98 Å². The average molecular weight is 295 g/mol. The molecule has 0 spiro atoms. The van der Waals surface area contributed by atoms with Crippen molar-refractivity contribution < 1.29 is 4.79 Å². The lowest BCUT2D eigenvalue weighted by molar-refractivity contribution is 0.112. The van der Waals surface area contributed by atoms with E-state index in [-0.39, 0.29) is 0 Å². The smallest absolute Gasteiger partial charge is 0.186 e. The Bertz CT molecular complexity index is 458. The van der Waals surface area contributed by atoms with Gasteiger partial charge in [-0.2, -0.15) is 0 Å². The fourth-order valence-corrected chi connectivity index (χ4v) is 3.88. The first-order chi connectivity index (χ1) is 9.56. The largest absolute Gasteiger partial charge is 0.344 e. The van der Waals surface area contributed by atoms with Crippen LogP contribution in [0.15, 0.2) is 0 Å². The number of rotatable bonds is 6. The molecule has 2 atom stereocenters. The van der Waals surface area contributed by atoms with Crippen molar-refractivity contribution in [3.8, 4) is 0 Å². The van der Waals surface area contributed by atoms with Crippen molar-refractivity contribution in [3.05, 3.63) is 10.6 Å². The van der Waals surface area contributed by atoms with Crippen LogP contribution in [-0.2, 0) is 0 Å². The average Bonchev–Trinajstić information content (AvgIpc) is 3.02. The number of aromatic nitrogens is 1. The lowest BCUT2D eigenvalue weighted by atomic mass is 10.0. The minimum atomic E-state index is 0.357. The van der Waals surface area contributed by atoms with Gasteiger partial charge in [0, 0.05) is 19.1 Å². The summed E-state index contributed by atoms with van der Waals surface area (Å²) in [6.45, 7) is 6.40. The number of hydrogen-bond acceptors (Lipinski definition) is 5. The first-order valence-corrected chi connectivity index (χ1v) is 8.25. The van der Waals surface area contributed by atoms with E-state index in [1.807, 2.05) is 0 Å². The highest BCUT2D eigenvalue weighted by Gasteiger charge is 2.28. The van der Waals surface area contributed by atoms with Crippen LogP contribution in [0.4, 0.5) is 5.13 Å². The van der Waals surface area contributed by atoms with E-state index in [1.54, 1.807) is 11.3 Å². The summed E-state index contributed by atoms with van der Waals surface area (Å²) in [5, 5.41) is 1.03. The molecule has 1 aromatic heterocycles. The Kier molecular flexibility index (Phi) is 5.16. The third-order valence-corrected chi connectivity index (χ3v) is 5.09. The first kappa shape index (κ1) is 15.4. The van der Waals surface area contributed by atoms with Crippen molar-refractivity contribution in [3.63, 3.8) is 0 Å². The molecule has 1 aliphatic heterocycles. The molecule has 1 aromatic rings. The summed E-state index contributed by atoms with van der Waals surface area (Å²) in [6, 6.07) is 0.528. The maximum absolute atomic E-state index is 11.3. The molecule has 0 saturated carbocycles. The minimum absolute atomic E-state index is 0.357. The van der Waals surface area contributed by atoms with Gasteiger partial charge in [-0.3, -0.25) is 4.79 Å². The van der Waals surface area contributed by atoms with Gasteiger partial charge in [0.1, 0.15) is 0 Å². The molecule has 0 bridgehead atoms. The van der Waals surface area contributed by atoms with E-state index in [0.29, 0.717) is 12.0 Å². The number of aldehydes is 1. The standard InChI is InChI=1S/C15H25N3OS/c1-5-11(2)14-13(10-19)20-15(16-14)18-8-6-7-12(18)9-17(3)4/h10-12H,5-9H2,1-4H3. The van der Waals surface area contributed by atoms with Crippen LogP contribution in [0.25, 0.3) is 0 Å². The minimum Gasteiger partial charge on any atom is -0.344 e. The zero-order valence-electron chi connectivity index (χ0n) is 12.9. The monoisotopic (exact) mass is 295 g/mol. The first-order valence-electron chi connectivity index (χ1n) is 7.44. The molecule has 0 N–H and O–H groups in total. The van der Waals surface area contributed by atoms with Crippen LogP contribution in [0.5, 0.6) is 0 Å². The van der Waals surface area contributed by atoms with Crippen LogP contribution in [0.1, 0.15) is 54.4 Å². The number of carbonyl (C=O) groups is 1. The van der Waals surface area contributed by atoms with Crippen LogP contribution in [0.3, 0.4) is 0 Å². The van der Waals surface area contributed by atoms with E-state index in [2.05, 4.69) is 37.7 Å². The van der Waals surface area contributed by atoms with E-state index in [0.717, 1.165) is 41.5 Å². The molecule has 112 valence electrons. The third-order valence-electron chi connectivity index (χ3n) is 4.05. The number of carbonyl (C=O) groups excluding carboxylic acids is 1. The zero-order valence-corrected chi connectivity index (χ0v) is 13.7. The Balaban J connectivity index is 2.23. The molecular weight excluding hydrogens is 270 g/mol. The molecule has 0 radical (unpaired) electrons. The Morgan fingerprint density at radius 2 is 2.30 bits per heavy atom. The quantitative estimate of drug-likeness (QED) is 0.756. The summed E-state index contributed by atoms with van der Waals surface area (Å²) in [5.74, 6) is 0.357. The molecular formula is C15H25N3OS. The molecule has 0 amide bonds. The van der Waals surface area contributed by atoms with E-state index < -0.39 is 0 Å². The highest BCUT2D eigenvalue weighted by molar-refractivity contribution is 7.17. The number of anilines is 1. The molecule has 1 fully saturated rings. The van der Waals surface area contributed by atoms with Crippen molar-refractivity contribution in [1.29, 1.82) is 0 Å². The second-order valence-electron chi connectivity index (χ2n) is 5.92. The fourth-order valence-electron chi connectivity index (χ4n) is 2.78. The van der Waals surface area contributed by atoms with Crippen LogP contribution in [0, 0.1) is 0 Å². The maximum atomic E-state index is 11.3. The summed E-state index contributed by atoms with van der Waals surface area (Å²) < 4.78 is 0. The van der Waals surface area contributed by atoms with E-state index >= 15 is 0 Å². The molecule has 0 aliphatic carbocycles. The lowest BCUT2D eigenvalue weighted by Crippen LogP contribution is -2.37. The third kappa shape index (κ3) is 3.20. The lowest BCUT2D eigenvalue weighted by Gasteiger charge is -2.26. The SMILES string of the molecule is CCC(C)c1nc(N2CCCC2CN(C)C)sc1C=O. The number of nitrogens with zero attached hydrogens (tertiary/aromatic N) is 3. The Morgan fingerprint density at radius 1 is 1.55 bits per heavy atom. The van der Waals surface area contributed by atoms with Crippen molar-refractivity contribution in [2.45, 2.75) is 45.1 Å². The van der Waals surface area contributed by atoms with Crippen LogP contribution < -0.4 is 4.90 Å². The Morgan fingerprint density at radius 3 is 2.90 bits per heavy atom. The molecule has 2 rings (SSSR count). The van der Waals surface area contributed by atoms with Crippen LogP contribution in [0.2, 0.25) is 0 Å². The van der Waals surface area contributed by atoms with Crippen LogP contribution >= 0.6 is 11.3 Å². The molecule has 1 aliphatic rings.